The van der Waals surface area contributed by atoms with Crippen molar-refractivity contribution in [2.75, 3.05) is 13.7 Å². The second-order valence-corrected chi connectivity index (χ2v) is 5.67. The first kappa shape index (κ1) is 18.5. The van der Waals surface area contributed by atoms with Crippen molar-refractivity contribution in [2.24, 2.45) is 0 Å². The van der Waals surface area contributed by atoms with Gasteiger partial charge >= 0.3 is 0 Å². The van der Waals surface area contributed by atoms with Crippen molar-refractivity contribution in [1.29, 1.82) is 0 Å². The van der Waals surface area contributed by atoms with Crippen molar-refractivity contribution in [2.45, 2.75) is 58.9 Å². The van der Waals surface area contributed by atoms with Crippen LogP contribution in [0.5, 0.6) is 5.75 Å². The third kappa shape index (κ3) is 5.32. The van der Waals surface area contributed by atoms with E-state index in [9.17, 15) is 9.18 Å². The number of halogens is 1. The minimum atomic E-state index is -0.378. The zero-order valence-corrected chi connectivity index (χ0v) is 14.2. The summed E-state index contributed by atoms with van der Waals surface area (Å²) >= 11 is 0. The lowest BCUT2D eigenvalue weighted by Crippen LogP contribution is -2.39. The van der Waals surface area contributed by atoms with E-state index in [1.807, 2.05) is 11.0 Å². The average molecular weight is 309 g/mol. The fraction of sp³-hybridized carbons (Fsp3) is 0.611. The number of carbonyl (C=O) groups excluding carboxylic acids is 1. The lowest BCUT2D eigenvalue weighted by atomic mass is 10.1. The van der Waals surface area contributed by atoms with E-state index >= 15 is 0 Å². The van der Waals surface area contributed by atoms with E-state index in [1.54, 1.807) is 6.07 Å². The standard InChI is InChI=1S/C18H28FNO2/c1-5-7-12-20(14(3)6-2)18(21)11-9-15-8-10-17(22-4)16(19)13-15/h8,10,13-14H,5-7,9,11-12H2,1-4H3. The molecule has 0 saturated carbocycles. The molecule has 0 aliphatic carbocycles. The third-order valence-electron chi connectivity index (χ3n) is 4.04. The first-order valence-electron chi connectivity index (χ1n) is 8.15. The molecule has 0 radical (unpaired) electrons. The number of nitrogens with zero attached hydrogens (tertiary/aromatic N) is 1. The Hall–Kier alpha value is -1.58. The summed E-state index contributed by atoms with van der Waals surface area (Å²) in [5.74, 6) is 0.00972. The minimum Gasteiger partial charge on any atom is -0.494 e. The van der Waals surface area contributed by atoms with E-state index in [-0.39, 0.29) is 23.5 Å². The topological polar surface area (TPSA) is 29.5 Å². The number of hydrogen-bond donors (Lipinski definition) is 0. The first-order valence-corrected chi connectivity index (χ1v) is 8.15. The van der Waals surface area contributed by atoms with Gasteiger partial charge in [-0.15, -0.1) is 0 Å². The summed E-state index contributed by atoms with van der Waals surface area (Å²) in [7, 11) is 1.44. The second kappa shape index (κ2) is 9.44. The summed E-state index contributed by atoms with van der Waals surface area (Å²) < 4.78 is 18.6. The van der Waals surface area contributed by atoms with Gasteiger partial charge in [-0.2, -0.15) is 0 Å². The maximum atomic E-state index is 13.7. The Kier molecular flexibility index (Phi) is 7.92. The summed E-state index contributed by atoms with van der Waals surface area (Å²) in [6.45, 7) is 7.11. The van der Waals surface area contributed by atoms with Crippen LogP contribution in [0, 0.1) is 5.82 Å². The van der Waals surface area contributed by atoms with Crippen molar-refractivity contribution in [3.8, 4) is 5.75 Å². The van der Waals surface area contributed by atoms with Gasteiger partial charge in [0, 0.05) is 19.0 Å². The highest BCUT2D eigenvalue weighted by Gasteiger charge is 2.18. The number of methoxy groups -OCH3 is 1. The van der Waals surface area contributed by atoms with Gasteiger partial charge in [-0.25, -0.2) is 4.39 Å². The molecule has 1 aromatic carbocycles. The Morgan fingerprint density at radius 3 is 2.64 bits per heavy atom. The second-order valence-electron chi connectivity index (χ2n) is 5.67. The maximum Gasteiger partial charge on any atom is 0.223 e. The largest absolute Gasteiger partial charge is 0.494 e. The molecule has 0 fully saturated rings. The van der Waals surface area contributed by atoms with Crippen LogP contribution in [0.15, 0.2) is 18.2 Å². The molecule has 0 N–H and O–H groups in total. The Bertz CT molecular complexity index is 476. The van der Waals surface area contributed by atoms with Crippen molar-refractivity contribution in [3.63, 3.8) is 0 Å². The fourth-order valence-electron chi connectivity index (χ4n) is 2.40. The van der Waals surface area contributed by atoms with Crippen LogP contribution in [0.4, 0.5) is 4.39 Å². The van der Waals surface area contributed by atoms with E-state index in [0.29, 0.717) is 12.8 Å². The van der Waals surface area contributed by atoms with Gasteiger partial charge in [-0.05, 0) is 43.9 Å². The zero-order chi connectivity index (χ0) is 16.5. The predicted molar refractivity (Wildman–Crippen MR) is 87.6 cm³/mol. The molecular weight excluding hydrogens is 281 g/mol. The number of ether oxygens (including phenoxy) is 1. The first-order chi connectivity index (χ1) is 10.5. The Labute approximate surface area is 133 Å². The quantitative estimate of drug-likeness (QED) is 0.684. The predicted octanol–water partition coefficient (Wildman–Crippen LogP) is 4.19. The molecule has 0 aliphatic heterocycles. The Morgan fingerprint density at radius 2 is 2.09 bits per heavy atom. The number of hydrogen-bond acceptors (Lipinski definition) is 2. The van der Waals surface area contributed by atoms with E-state index in [1.165, 1.54) is 13.2 Å². The molecule has 0 aromatic heterocycles. The van der Waals surface area contributed by atoms with Gasteiger partial charge in [0.05, 0.1) is 7.11 Å². The Balaban J connectivity index is 2.63. The van der Waals surface area contributed by atoms with Crippen molar-refractivity contribution >= 4 is 5.91 Å². The van der Waals surface area contributed by atoms with Gasteiger partial charge in [-0.1, -0.05) is 26.3 Å². The number of rotatable bonds is 9. The molecule has 3 nitrogen and oxygen atoms in total. The Morgan fingerprint density at radius 1 is 1.36 bits per heavy atom. The molecule has 0 bridgehead atoms. The third-order valence-corrected chi connectivity index (χ3v) is 4.04. The summed E-state index contributed by atoms with van der Waals surface area (Å²) in [6, 6.07) is 5.13. The molecule has 124 valence electrons. The van der Waals surface area contributed by atoms with E-state index in [0.717, 1.165) is 31.4 Å². The van der Waals surface area contributed by atoms with Crippen LogP contribution in [0.1, 0.15) is 52.0 Å². The van der Waals surface area contributed by atoms with Crippen LogP contribution in [0.25, 0.3) is 0 Å². The van der Waals surface area contributed by atoms with Gasteiger partial charge in [0.2, 0.25) is 5.91 Å². The average Bonchev–Trinajstić information content (AvgIpc) is 2.53. The van der Waals surface area contributed by atoms with E-state index in [4.69, 9.17) is 4.74 Å². The molecule has 1 atom stereocenters. The molecule has 1 amide bonds. The van der Waals surface area contributed by atoms with Gasteiger partial charge in [0.1, 0.15) is 0 Å². The van der Waals surface area contributed by atoms with E-state index in [2.05, 4.69) is 20.8 Å². The van der Waals surface area contributed by atoms with Crippen LogP contribution in [0.2, 0.25) is 0 Å². The highest BCUT2D eigenvalue weighted by Crippen LogP contribution is 2.19. The summed E-state index contributed by atoms with van der Waals surface area (Å²) in [5.41, 5.74) is 0.825. The van der Waals surface area contributed by atoms with Crippen LogP contribution < -0.4 is 4.74 Å². The van der Waals surface area contributed by atoms with Gasteiger partial charge in [-0.3, -0.25) is 4.79 Å². The summed E-state index contributed by atoms with van der Waals surface area (Å²) in [6.07, 6.45) is 4.02. The van der Waals surface area contributed by atoms with Gasteiger partial charge in [0.15, 0.2) is 11.6 Å². The SMILES string of the molecule is CCCCN(C(=O)CCc1ccc(OC)c(F)c1)C(C)CC. The van der Waals surface area contributed by atoms with E-state index < -0.39 is 0 Å². The molecule has 0 aliphatic rings. The number of unbranched alkanes of at least 4 members (excludes halogenated alkanes) is 1. The number of amides is 1. The lowest BCUT2D eigenvalue weighted by molar-refractivity contribution is -0.133. The molecule has 1 rings (SSSR count). The lowest BCUT2D eigenvalue weighted by Gasteiger charge is -2.28. The molecule has 0 saturated heterocycles. The smallest absolute Gasteiger partial charge is 0.223 e. The zero-order valence-electron chi connectivity index (χ0n) is 14.2. The van der Waals surface area contributed by atoms with Crippen molar-refractivity contribution < 1.29 is 13.9 Å². The van der Waals surface area contributed by atoms with Crippen molar-refractivity contribution in [1.82, 2.24) is 4.90 Å². The molecule has 0 heterocycles. The fourth-order valence-corrected chi connectivity index (χ4v) is 2.40. The van der Waals surface area contributed by atoms with Gasteiger partial charge < -0.3 is 9.64 Å². The highest BCUT2D eigenvalue weighted by atomic mass is 19.1. The van der Waals surface area contributed by atoms with Crippen LogP contribution >= 0.6 is 0 Å². The monoisotopic (exact) mass is 309 g/mol. The van der Waals surface area contributed by atoms with Crippen molar-refractivity contribution in [3.05, 3.63) is 29.6 Å². The molecule has 1 aromatic rings. The van der Waals surface area contributed by atoms with Crippen LogP contribution in [-0.4, -0.2) is 30.5 Å². The number of benzene rings is 1. The number of aryl methyl sites for hydroxylation is 1. The minimum absolute atomic E-state index is 0.152. The van der Waals surface area contributed by atoms with Crippen LogP contribution in [0.3, 0.4) is 0 Å². The molecular formula is C18H28FNO2. The normalized spacial score (nSPS) is 12.0. The molecule has 22 heavy (non-hydrogen) atoms. The molecule has 0 spiro atoms. The highest BCUT2D eigenvalue weighted by molar-refractivity contribution is 5.76. The summed E-state index contributed by atoms with van der Waals surface area (Å²) in [5, 5.41) is 0. The maximum absolute atomic E-state index is 13.7. The van der Waals surface area contributed by atoms with Crippen LogP contribution in [-0.2, 0) is 11.2 Å². The summed E-state index contributed by atoms with van der Waals surface area (Å²) in [4.78, 5) is 14.4. The number of carbonyl (C=O) groups is 1. The van der Waals surface area contributed by atoms with Gasteiger partial charge in [0.25, 0.3) is 0 Å². The molecule has 1 unspecified atom stereocenters. The molecule has 4 heteroatoms.